The van der Waals surface area contributed by atoms with E-state index in [-0.39, 0.29) is 6.04 Å². The summed E-state index contributed by atoms with van der Waals surface area (Å²) < 4.78 is 37.9. The molecule has 0 bridgehead atoms. The number of hydrogen-bond acceptors (Lipinski definition) is 6. The zero-order valence-corrected chi connectivity index (χ0v) is 16.4. The first-order chi connectivity index (χ1) is 13.8. The fourth-order valence-corrected chi connectivity index (χ4v) is 3.37. The molecule has 1 aliphatic rings. The van der Waals surface area contributed by atoms with Crippen LogP contribution in [-0.4, -0.2) is 54.2 Å². The van der Waals surface area contributed by atoms with Crippen LogP contribution in [0.4, 0.5) is 30.4 Å². The van der Waals surface area contributed by atoms with E-state index in [0.717, 1.165) is 36.1 Å². The average molecular weight is 404 g/mol. The van der Waals surface area contributed by atoms with E-state index in [1.807, 2.05) is 30.0 Å². The average Bonchev–Trinajstić information content (AvgIpc) is 2.73. The molecule has 0 N–H and O–H groups in total. The fraction of sp³-hybridized carbons (Fsp3) is 0.400. The Kier molecular flexibility index (Phi) is 6.26. The van der Waals surface area contributed by atoms with E-state index in [9.17, 15) is 13.2 Å². The lowest BCUT2D eigenvalue weighted by molar-refractivity contribution is -0.141. The number of halogens is 3. The highest BCUT2D eigenvalue weighted by molar-refractivity contribution is 5.71. The van der Waals surface area contributed by atoms with E-state index >= 15 is 0 Å². The molecule has 9 heteroatoms. The van der Waals surface area contributed by atoms with Gasteiger partial charge >= 0.3 is 6.18 Å². The van der Waals surface area contributed by atoms with Gasteiger partial charge in [0.05, 0.1) is 11.4 Å². The van der Waals surface area contributed by atoms with Crippen LogP contribution < -0.4 is 4.90 Å². The first-order valence-electron chi connectivity index (χ1n) is 9.32. The minimum atomic E-state index is -4.48. The first kappa shape index (κ1) is 20.9. The molecular formula is C20H23F3N6. The number of rotatable bonds is 5. The van der Waals surface area contributed by atoms with Crippen molar-refractivity contribution in [2.45, 2.75) is 26.1 Å². The van der Waals surface area contributed by atoms with Crippen LogP contribution in [0.25, 0.3) is 0 Å². The maximum absolute atomic E-state index is 12.6. The fourth-order valence-electron chi connectivity index (χ4n) is 3.37. The molecule has 1 unspecified atom stereocenters. The molecule has 2 heterocycles. The van der Waals surface area contributed by atoms with Crippen LogP contribution in [0.3, 0.4) is 0 Å². The highest BCUT2D eigenvalue weighted by Gasteiger charge is 2.33. The summed E-state index contributed by atoms with van der Waals surface area (Å²) in [5, 5.41) is 7.07. The van der Waals surface area contributed by atoms with Gasteiger partial charge in [0.1, 0.15) is 0 Å². The molecule has 0 aliphatic carbocycles. The molecule has 154 valence electrons. The third-order valence-electron chi connectivity index (χ3n) is 5.05. The molecule has 0 saturated carbocycles. The van der Waals surface area contributed by atoms with E-state index in [4.69, 9.17) is 0 Å². The lowest BCUT2D eigenvalue weighted by Crippen LogP contribution is -2.47. The van der Waals surface area contributed by atoms with Gasteiger partial charge in [-0.1, -0.05) is 6.07 Å². The standard InChI is InChI=1S/C20H23F3N6/c1-4-25-17-13-15(5-6-16(17)24-3)14(2)28-9-11-29(12-10-28)19-8-7-18(26-27-19)20(21,22)23/h4-8,13-14H,3,9-12H2,1-2H3. The van der Waals surface area contributed by atoms with Crippen LogP contribution in [0.2, 0.25) is 0 Å². The molecule has 1 aromatic carbocycles. The van der Waals surface area contributed by atoms with Crippen LogP contribution in [-0.2, 0) is 6.18 Å². The van der Waals surface area contributed by atoms with Crippen LogP contribution >= 0.6 is 0 Å². The zero-order chi connectivity index (χ0) is 21.0. The molecule has 2 aromatic rings. The second-order valence-corrected chi connectivity index (χ2v) is 6.77. The second kappa shape index (κ2) is 8.69. The van der Waals surface area contributed by atoms with Crippen LogP contribution in [0.1, 0.15) is 31.1 Å². The van der Waals surface area contributed by atoms with Gasteiger partial charge < -0.3 is 4.90 Å². The van der Waals surface area contributed by atoms with Gasteiger partial charge in [-0.15, -0.1) is 10.2 Å². The van der Waals surface area contributed by atoms with Crippen molar-refractivity contribution in [2.75, 3.05) is 31.1 Å². The van der Waals surface area contributed by atoms with Crippen molar-refractivity contribution >= 4 is 30.1 Å². The molecule has 1 saturated heterocycles. The van der Waals surface area contributed by atoms with E-state index in [1.165, 1.54) is 6.07 Å². The number of nitrogens with zero attached hydrogens (tertiary/aromatic N) is 6. The van der Waals surface area contributed by atoms with E-state index in [0.29, 0.717) is 18.9 Å². The normalized spacial score (nSPS) is 16.9. The number of aromatic nitrogens is 2. The molecule has 1 aliphatic heterocycles. The van der Waals surface area contributed by atoms with Gasteiger partial charge in [0.25, 0.3) is 0 Å². The topological polar surface area (TPSA) is 57.0 Å². The van der Waals surface area contributed by atoms with Gasteiger partial charge in [-0.3, -0.25) is 14.9 Å². The third-order valence-corrected chi connectivity index (χ3v) is 5.05. The van der Waals surface area contributed by atoms with Crippen molar-refractivity contribution in [1.29, 1.82) is 0 Å². The van der Waals surface area contributed by atoms with Gasteiger partial charge in [0.15, 0.2) is 11.5 Å². The monoisotopic (exact) mass is 404 g/mol. The Morgan fingerprint density at radius 3 is 2.34 bits per heavy atom. The number of piperazine rings is 1. The van der Waals surface area contributed by atoms with E-state index in [1.54, 1.807) is 6.21 Å². The molecule has 6 nitrogen and oxygen atoms in total. The summed E-state index contributed by atoms with van der Waals surface area (Å²) in [5.74, 6) is 0.464. The van der Waals surface area contributed by atoms with Gasteiger partial charge in [-0.25, -0.2) is 0 Å². The molecule has 0 spiro atoms. The highest BCUT2D eigenvalue weighted by Crippen LogP contribution is 2.33. The van der Waals surface area contributed by atoms with Crippen molar-refractivity contribution in [3.63, 3.8) is 0 Å². The Morgan fingerprint density at radius 2 is 1.79 bits per heavy atom. The summed E-state index contributed by atoms with van der Waals surface area (Å²) >= 11 is 0. The summed E-state index contributed by atoms with van der Waals surface area (Å²) in [6, 6.07) is 8.47. The van der Waals surface area contributed by atoms with Crippen LogP contribution in [0, 0.1) is 0 Å². The maximum atomic E-state index is 12.6. The predicted octanol–water partition coefficient (Wildman–Crippen LogP) is 4.43. The number of aliphatic imine (C=N–C) groups is 2. The van der Waals surface area contributed by atoms with Gasteiger partial charge in [0, 0.05) is 38.4 Å². The van der Waals surface area contributed by atoms with Gasteiger partial charge in [0.2, 0.25) is 0 Å². The summed E-state index contributed by atoms with van der Waals surface area (Å²) in [4.78, 5) is 12.6. The highest BCUT2D eigenvalue weighted by atomic mass is 19.4. The molecule has 0 radical (unpaired) electrons. The molecule has 1 aromatic heterocycles. The maximum Gasteiger partial charge on any atom is 0.435 e. The Morgan fingerprint density at radius 1 is 1.07 bits per heavy atom. The SMILES string of the molecule is C=Nc1ccc(C(C)N2CCN(c3ccc(C(F)(F)F)nn3)CC2)cc1N=CC. The Balaban J connectivity index is 1.66. The molecule has 1 fully saturated rings. The zero-order valence-electron chi connectivity index (χ0n) is 16.4. The number of hydrogen-bond donors (Lipinski definition) is 0. The lowest BCUT2D eigenvalue weighted by atomic mass is 10.0. The smallest absolute Gasteiger partial charge is 0.353 e. The Hall–Kier alpha value is -2.81. The molecular weight excluding hydrogens is 381 g/mol. The molecule has 1 atom stereocenters. The predicted molar refractivity (Wildman–Crippen MR) is 109 cm³/mol. The van der Waals surface area contributed by atoms with Crippen molar-refractivity contribution in [3.05, 3.63) is 41.6 Å². The molecule has 3 rings (SSSR count). The summed E-state index contributed by atoms with van der Waals surface area (Å²) in [7, 11) is 0. The number of anilines is 1. The van der Waals surface area contributed by atoms with E-state index in [2.05, 4.69) is 38.7 Å². The molecule has 0 amide bonds. The van der Waals surface area contributed by atoms with Crippen molar-refractivity contribution < 1.29 is 13.2 Å². The van der Waals surface area contributed by atoms with Crippen molar-refractivity contribution in [3.8, 4) is 0 Å². The number of benzene rings is 1. The van der Waals surface area contributed by atoms with Crippen molar-refractivity contribution in [1.82, 2.24) is 15.1 Å². The third kappa shape index (κ3) is 4.79. The first-order valence-corrected chi connectivity index (χ1v) is 9.32. The molecule has 29 heavy (non-hydrogen) atoms. The quantitative estimate of drug-likeness (QED) is 0.692. The van der Waals surface area contributed by atoms with Gasteiger partial charge in [-0.2, -0.15) is 13.2 Å². The second-order valence-electron chi connectivity index (χ2n) is 6.77. The summed E-state index contributed by atoms with van der Waals surface area (Å²) in [6.45, 7) is 10.4. The minimum Gasteiger partial charge on any atom is -0.353 e. The van der Waals surface area contributed by atoms with Crippen molar-refractivity contribution in [2.24, 2.45) is 9.98 Å². The Bertz CT molecular complexity index is 871. The minimum absolute atomic E-state index is 0.167. The number of alkyl halides is 3. The van der Waals surface area contributed by atoms with Crippen LogP contribution in [0.5, 0.6) is 0 Å². The Labute approximate surface area is 167 Å². The summed E-state index contributed by atoms with van der Waals surface area (Å²) in [6.07, 6.45) is -2.75. The van der Waals surface area contributed by atoms with Crippen LogP contribution in [0.15, 0.2) is 40.3 Å². The summed E-state index contributed by atoms with van der Waals surface area (Å²) in [5.41, 5.74) is 1.67. The largest absolute Gasteiger partial charge is 0.435 e. The van der Waals surface area contributed by atoms with E-state index < -0.39 is 11.9 Å². The lowest BCUT2D eigenvalue weighted by Gasteiger charge is -2.38. The van der Waals surface area contributed by atoms with Gasteiger partial charge in [-0.05, 0) is 50.4 Å².